The minimum absolute atomic E-state index is 0.0416. The molecule has 1 aromatic heterocycles. The third kappa shape index (κ3) is 4.15. The number of nitrogens with zero attached hydrogens (tertiary/aromatic N) is 2. The number of aromatic nitrogens is 1. The van der Waals surface area contributed by atoms with Crippen molar-refractivity contribution in [3.8, 4) is 11.3 Å². The van der Waals surface area contributed by atoms with Crippen LogP contribution < -0.4 is 5.32 Å². The number of hydrogen-bond acceptors (Lipinski definition) is 5. The molecule has 4 rings (SSSR count). The summed E-state index contributed by atoms with van der Waals surface area (Å²) in [5, 5.41) is 2.82. The van der Waals surface area contributed by atoms with E-state index in [4.69, 9.17) is 4.42 Å². The predicted molar refractivity (Wildman–Crippen MR) is 114 cm³/mol. The number of rotatable bonds is 5. The summed E-state index contributed by atoms with van der Waals surface area (Å²) >= 11 is 0. The number of benzene rings is 2. The summed E-state index contributed by atoms with van der Waals surface area (Å²) in [4.78, 5) is 16.8. The fourth-order valence-corrected chi connectivity index (χ4v) is 5.42. The fraction of sp³-hybridized carbons (Fsp3) is 0.273. The molecule has 0 saturated carbocycles. The number of carbonyl (C=O) groups is 1. The van der Waals surface area contributed by atoms with Crippen molar-refractivity contribution in [3.63, 3.8) is 0 Å². The molecule has 30 heavy (non-hydrogen) atoms. The van der Waals surface area contributed by atoms with Crippen LogP contribution in [0, 0.1) is 0 Å². The van der Waals surface area contributed by atoms with Crippen LogP contribution in [0.5, 0.6) is 0 Å². The second-order valence-corrected chi connectivity index (χ2v) is 9.28. The van der Waals surface area contributed by atoms with Gasteiger partial charge in [0.15, 0.2) is 12.2 Å². The topological polar surface area (TPSA) is 92.5 Å². The van der Waals surface area contributed by atoms with E-state index in [0.717, 1.165) is 24.8 Å². The molecule has 8 heteroatoms. The van der Waals surface area contributed by atoms with E-state index in [2.05, 4.69) is 10.3 Å². The van der Waals surface area contributed by atoms with Crippen LogP contribution in [0.25, 0.3) is 11.3 Å². The molecule has 1 saturated heterocycles. The average Bonchev–Trinajstić information content (AvgIpc) is 3.29. The summed E-state index contributed by atoms with van der Waals surface area (Å²) in [7, 11) is -3.64. The van der Waals surface area contributed by atoms with Gasteiger partial charge in [-0.15, -0.1) is 0 Å². The van der Waals surface area contributed by atoms with Gasteiger partial charge in [-0.05, 0) is 50.1 Å². The van der Waals surface area contributed by atoms with Gasteiger partial charge in [-0.1, -0.05) is 24.6 Å². The minimum Gasteiger partial charge on any atom is -0.444 e. The third-order valence-electron chi connectivity index (χ3n) is 5.28. The first-order valence-corrected chi connectivity index (χ1v) is 11.3. The lowest BCUT2D eigenvalue weighted by molar-refractivity contribution is 0.102. The molecule has 0 spiro atoms. The van der Waals surface area contributed by atoms with Crippen molar-refractivity contribution in [2.24, 2.45) is 0 Å². The standard InChI is InChI=1S/C22H23N3O4S/c1-16-6-2-3-11-25(16)30(27,28)20-10-5-8-18(13-20)22(26)24-19-9-4-7-17(12-19)21-14-23-15-29-21/h4-5,7-10,12-16H,2-3,6,11H2,1H3,(H,24,26). The van der Waals surface area contributed by atoms with Crippen molar-refractivity contribution >= 4 is 21.6 Å². The molecule has 0 bridgehead atoms. The summed E-state index contributed by atoms with van der Waals surface area (Å²) in [5.41, 5.74) is 1.64. The Morgan fingerprint density at radius 3 is 2.77 bits per heavy atom. The molecular formula is C22H23N3O4S. The van der Waals surface area contributed by atoms with Crippen molar-refractivity contribution in [3.05, 3.63) is 66.7 Å². The van der Waals surface area contributed by atoms with Gasteiger partial charge in [-0.3, -0.25) is 4.79 Å². The first-order valence-electron chi connectivity index (χ1n) is 9.87. The Kier molecular flexibility index (Phi) is 5.69. The maximum Gasteiger partial charge on any atom is 0.255 e. The number of anilines is 1. The minimum atomic E-state index is -3.64. The van der Waals surface area contributed by atoms with Gasteiger partial charge in [0.2, 0.25) is 10.0 Å². The van der Waals surface area contributed by atoms with Gasteiger partial charge in [0, 0.05) is 29.4 Å². The zero-order chi connectivity index (χ0) is 21.1. The SMILES string of the molecule is CC1CCCCN1S(=O)(=O)c1cccc(C(=O)Nc2cccc(-c3cnco3)c2)c1. The van der Waals surface area contributed by atoms with Crippen LogP contribution >= 0.6 is 0 Å². The van der Waals surface area contributed by atoms with Gasteiger partial charge in [0.25, 0.3) is 5.91 Å². The summed E-state index contributed by atoms with van der Waals surface area (Å²) < 4.78 is 33.0. The highest BCUT2D eigenvalue weighted by Crippen LogP contribution is 2.26. The maximum atomic E-state index is 13.1. The molecule has 1 unspecified atom stereocenters. The summed E-state index contributed by atoms with van der Waals surface area (Å²) in [6.07, 6.45) is 5.67. The van der Waals surface area contributed by atoms with Crippen molar-refractivity contribution in [2.75, 3.05) is 11.9 Å². The molecule has 2 heterocycles. The Morgan fingerprint density at radius 2 is 2.00 bits per heavy atom. The van der Waals surface area contributed by atoms with Gasteiger partial charge < -0.3 is 9.73 Å². The van der Waals surface area contributed by atoms with E-state index < -0.39 is 10.0 Å². The zero-order valence-electron chi connectivity index (χ0n) is 16.6. The van der Waals surface area contributed by atoms with Gasteiger partial charge in [-0.2, -0.15) is 4.31 Å². The first-order chi connectivity index (χ1) is 14.4. The number of amides is 1. The average molecular weight is 426 g/mol. The molecule has 156 valence electrons. The zero-order valence-corrected chi connectivity index (χ0v) is 17.4. The summed E-state index contributed by atoms with van der Waals surface area (Å²) in [6, 6.07) is 13.3. The molecule has 2 aromatic carbocycles. The Bertz CT molecular complexity index is 1140. The highest BCUT2D eigenvalue weighted by atomic mass is 32.2. The van der Waals surface area contributed by atoms with E-state index in [-0.39, 0.29) is 22.4 Å². The number of carbonyl (C=O) groups excluding carboxylic acids is 1. The van der Waals surface area contributed by atoms with Gasteiger partial charge in [-0.25, -0.2) is 13.4 Å². The number of oxazole rings is 1. The van der Waals surface area contributed by atoms with E-state index in [0.29, 0.717) is 18.0 Å². The van der Waals surface area contributed by atoms with Crippen molar-refractivity contribution in [1.29, 1.82) is 0 Å². The summed E-state index contributed by atoms with van der Waals surface area (Å²) in [5.74, 6) is 0.211. The highest BCUT2D eigenvalue weighted by Gasteiger charge is 2.31. The van der Waals surface area contributed by atoms with Gasteiger partial charge in [0.1, 0.15) is 0 Å². The van der Waals surface area contributed by atoms with Crippen LogP contribution in [0.4, 0.5) is 5.69 Å². The number of nitrogens with one attached hydrogen (secondary N) is 1. The molecule has 1 N–H and O–H groups in total. The maximum absolute atomic E-state index is 13.1. The lowest BCUT2D eigenvalue weighted by atomic mass is 10.1. The second-order valence-electron chi connectivity index (χ2n) is 7.39. The van der Waals surface area contributed by atoms with Crippen LogP contribution in [0.2, 0.25) is 0 Å². The van der Waals surface area contributed by atoms with Crippen molar-refractivity contribution in [1.82, 2.24) is 9.29 Å². The van der Waals surface area contributed by atoms with Crippen LogP contribution in [0.3, 0.4) is 0 Å². The monoisotopic (exact) mass is 425 g/mol. The van der Waals surface area contributed by atoms with Crippen molar-refractivity contribution < 1.29 is 17.6 Å². The fourth-order valence-electron chi connectivity index (χ4n) is 3.67. The van der Waals surface area contributed by atoms with E-state index in [9.17, 15) is 13.2 Å². The van der Waals surface area contributed by atoms with Crippen LogP contribution in [0.15, 0.2) is 70.4 Å². The lowest BCUT2D eigenvalue weighted by Gasteiger charge is -2.32. The van der Waals surface area contributed by atoms with Gasteiger partial charge >= 0.3 is 0 Å². The largest absolute Gasteiger partial charge is 0.444 e. The Hall–Kier alpha value is -2.97. The van der Waals surface area contributed by atoms with Crippen molar-refractivity contribution in [2.45, 2.75) is 37.1 Å². The van der Waals surface area contributed by atoms with E-state index in [1.807, 2.05) is 13.0 Å². The summed E-state index contributed by atoms with van der Waals surface area (Å²) in [6.45, 7) is 2.43. The molecule has 3 aromatic rings. The molecule has 1 aliphatic rings. The van der Waals surface area contributed by atoms with E-state index >= 15 is 0 Å². The Morgan fingerprint density at radius 1 is 1.17 bits per heavy atom. The number of sulfonamides is 1. The lowest BCUT2D eigenvalue weighted by Crippen LogP contribution is -2.41. The first kappa shape index (κ1) is 20.3. The second kappa shape index (κ2) is 8.41. The number of piperidine rings is 1. The molecule has 1 fully saturated rings. The molecular weight excluding hydrogens is 402 g/mol. The Balaban J connectivity index is 1.55. The molecule has 0 radical (unpaired) electrons. The van der Waals surface area contributed by atoms with Crippen LogP contribution in [-0.2, 0) is 10.0 Å². The van der Waals surface area contributed by atoms with Crippen LogP contribution in [-0.4, -0.2) is 36.2 Å². The normalized spacial score (nSPS) is 17.6. The molecule has 0 aliphatic carbocycles. The molecule has 1 atom stereocenters. The van der Waals surface area contributed by atoms with E-state index in [1.54, 1.807) is 36.5 Å². The van der Waals surface area contributed by atoms with E-state index in [1.165, 1.54) is 22.8 Å². The smallest absolute Gasteiger partial charge is 0.255 e. The quantitative estimate of drug-likeness (QED) is 0.663. The number of hydrogen-bond donors (Lipinski definition) is 1. The molecule has 7 nitrogen and oxygen atoms in total. The van der Waals surface area contributed by atoms with Gasteiger partial charge in [0.05, 0.1) is 11.1 Å². The Labute approximate surface area is 175 Å². The predicted octanol–water partition coefficient (Wildman–Crippen LogP) is 4.16. The highest BCUT2D eigenvalue weighted by molar-refractivity contribution is 7.89. The third-order valence-corrected chi connectivity index (χ3v) is 7.29. The van der Waals surface area contributed by atoms with Crippen LogP contribution in [0.1, 0.15) is 36.5 Å². The molecule has 1 amide bonds. The molecule has 1 aliphatic heterocycles.